The van der Waals surface area contributed by atoms with Crippen molar-refractivity contribution in [1.82, 2.24) is 0 Å². The van der Waals surface area contributed by atoms with Gasteiger partial charge in [-0.1, -0.05) is 56.3 Å². The second-order valence-electron chi connectivity index (χ2n) is 6.39. The Balaban J connectivity index is 2.25. The normalized spacial score (nSPS) is 12.0. The van der Waals surface area contributed by atoms with Crippen molar-refractivity contribution in [3.63, 3.8) is 0 Å². The van der Waals surface area contributed by atoms with E-state index in [1.54, 1.807) is 7.11 Å². The first-order chi connectivity index (χ1) is 11.5. The third-order valence-electron chi connectivity index (χ3n) is 4.35. The highest BCUT2D eigenvalue weighted by molar-refractivity contribution is 5.73. The van der Waals surface area contributed by atoms with Gasteiger partial charge in [-0.3, -0.25) is 4.79 Å². The summed E-state index contributed by atoms with van der Waals surface area (Å²) in [6.07, 6.45) is 1.48. The maximum absolute atomic E-state index is 12.0. The van der Waals surface area contributed by atoms with Gasteiger partial charge in [0.1, 0.15) is 5.75 Å². The highest BCUT2D eigenvalue weighted by Crippen LogP contribution is 2.26. The third kappa shape index (κ3) is 4.60. The first-order valence-corrected chi connectivity index (χ1v) is 8.32. The Morgan fingerprint density at radius 2 is 1.71 bits per heavy atom. The molecule has 128 valence electrons. The van der Waals surface area contributed by atoms with Gasteiger partial charge in [0, 0.05) is 6.42 Å². The topological polar surface area (TPSA) is 35.5 Å². The fourth-order valence-electron chi connectivity index (χ4n) is 2.91. The molecule has 0 aliphatic carbocycles. The summed E-state index contributed by atoms with van der Waals surface area (Å²) in [5.41, 5.74) is 3.50. The number of rotatable bonds is 7. The summed E-state index contributed by atoms with van der Waals surface area (Å²) >= 11 is 0. The van der Waals surface area contributed by atoms with Crippen LogP contribution in [-0.4, -0.2) is 20.2 Å². The summed E-state index contributed by atoms with van der Waals surface area (Å²) in [6, 6.07) is 16.5. The summed E-state index contributed by atoms with van der Waals surface area (Å²) in [7, 11) is 3.14. The van der Waals surface area contributed by atoms with Crippen LogP contribution in [0, 0.1) is 11.8 Å². The molecule has 2 aromatic rings. The standard InChI is InChI=1S/C21H26O3/c1-15(2)19(21(22)24-4)14-17-10-11-20(23-3)18(13-17)12-16-8-6-5-7-9-16/h5-11,13,15,19H,12,14H2,1-4H3/t19-/m0/s1. The average Bonchev–Trinajstić information content (AvgIpc) is 2.60. The van der Waals surface area contributed by atoms with Gasteiger partial charge < -0.3 is 9.47 Å². The zero-order chi connectivity index (χ0) is 17.5. The third-order valence-corrected chi connectivity index (χ3v) is 4.35. The lowest BCUT2D eigenvalue weighted by molar-refractivity contribution is -0.146. The van der Waals surface area contributed by atoms with Crippen LogP contribution < -0.4 is 4.74 Å². The van der Waals surface area contributed by atoms with Gasteiger partial charge in [0.15, 0.2) is 0 Å². The minimum atomic E-state index is -0.148. The summed E-state index contributed by atoms with van der Waals surface area (Å²) < 4.78 is 10.5. The molecule has 0 saturated carbocycles. The molecule has 24 heavy (non-hydrogen) atoms. The minimum Gasteiger partial charge on any atom is -0.496 e. The minimum absolute atomic E-state index is 0.132. The van der Waals surface area contributed by atoms with Gasteiger partial charge in [-0.15, -0.1) is 0 Å². The van der Waals surface area contributed by atoms with E-state index in [-0.39, 0.29) is 17.8 Å². The molecule has 0 saturated heterocycles. The quantitative estimate of drug-likeness (QED) is 0.713. The van der Waals surface area contributed by atoms with E-state index in [1.165, 1.54) is 12.7 Å². The Morgan fingerprint density at radius 3 is 2.29 bits per heavy atom. The van der Waals surface area contributed by atoms with Crippen LogP contribution >= 0.6 is 0 Å². The first-order valence-electron chi connectivity index (χ1n) is 8.32. The lowest BCUT2D eigenvalue weighted by Crippen LogP contribution is -2.24. The molecule has 0 heterocycles. The maximum Gasteiger partial charge on any atom is 0.309 e. The van der Waals surface area contributed by atoms with Crippen molar-refractivity contribution in [2.75, 3.05) is 14.2 Å². The van der Waals surface area contributed by atoms with Gasteiger partial charge >= 0.3 is 5.97 Å². The molecule has 0 unspecified atom stereocenters. The maximum atomic E-state index is 12.0. The van der Waals surface area contributed by atoms with Crippen LogP contribution in [0.4, 0.5) is 0 Å². The summed E-state index contributed by atoms with van der Waals surface area (Å²) in [6.45, 7) is 4.10. The van der Waals surface area contributed by atoms with Gasteiger partial charge in [0.05, 0.1) is 20.1 Å². The van der Waals surface area contributed by atoms with E-state index in [0.717, 1.165) is 23.3 Å². The molecule has 1 atom stereocenters. The fraction of sp³-hybridized carbons (Fsp3) is 0.381. The molecule has 0 aromatic heterocycles. The molecule has 0 amide bonds. The Labute approximate surface area is 144 Å². The van der Waals surface area contributed by atoms with Crippen LogP contribution in [0.2, 0.25) is 0 Å². The Bertz CT molecular complexity index is 662. The van der Waals surface area contributed by atoms with E-state index < -0.39 is 0 Å². The Hall–Kier alpha value is -2.29. The van der Waals surface area contributed by atoms with Crippen molar-refractivity contribution in [2.45, 2.75) is 26.7 Å². The van der Waals surface area contributed by atoms with Crippen LogP contribution in [0.25, 0.3) is 0 Å². The van der Waals surface area contributed by atoms with Gasteiger partial charge in [-0.25, -0.2) is 0 Å². The number of esters is 1. The average molecular weight is 326 g/mol. The number of carbonyl (C=O) groups excluding carboxylic acids is 1. The van der Waals surface area contributed by atoms with Crippen molar-refractivity contribution in [3.8, 4) is 5.75 Å². The van der Waals surface area contributed by atoms with Gasteiger partial charge in [0.2, 0.25) is 0 Å². The highest BCUT2D eigenvalue weighted by atomic mass is 16.5. The smallest absolute Gasteiger partial charge is 0.309 e. The molecule has 3 nitrogen and oxygen atoms in total. The van der Waals surface area contributed by atoms with E-state index >= 15 is 0 Å². The van der Waals surface area contributed by atoms with Gasteiger partial charge in [0.25, 0.3) is 0 Å². The van der Waals surface area contributed by atoms with E-state index in [2.05, 4.69) is 32.0 Å². The molecule has 0 fully saturated rings. The first kappa shape index (κ1) is 18.1. The zero-order valence-corrected chi connectivity index (χ0v) is 14.9. The molecule has 3 heteroatoms. The SMILES string of the molecule is COC(=O)[C@@H](Cc1ccc(OC)c(Cc2ccccc2)c1)C(C)C. The van der Waals surface area contributed by atoms with Crippen LogP contribution in [0.5, 0.6) is 5.75 Å². The van der Waals surface area contributed by atoms with E-state index in [0.29, 0.717) is 6.42 Å². The molecular weight excluding hydrogens is 300 g/mol. The zero-order valence-electron chi connectivity index (χ0n) is 14.9. The highest BCUT2D eigenvalue weighted by Gasteiger charge is 2.23. The van der Waals surface area contributed by atoms with Crippen molar-refractivity contribution < 1.29 is 14.3 Å². The van der Waals surface area contributed by atoms with Gasteiger partial charge in [-0.05, 0) is 35.1 Å². The van der Waals surface area contributed by atoms with E-state index in [9.17, 15) is 4.79 Å². The molecule has 0 aliphatic rings. The summed E-state index contributed by atoms with van der Waals surface area (Å²) in [4.78, 5) is 12.0. The van der Waals surface area contributed by atoms with Crippen LogP contribution in [-0.2, 0) is 22.4 Å². The Kier molecular flexibility index (Phi) is 6.42. The molecular formula is C21H26O3. The van der Waals surface area contributed by atoms with Crippen molar-refractivity contribution in [3.05, 3.63) is 65.2 Å². The number of ether oxygens (including phenoxy) is 2. The number of benzene rings is 2. The van der Waals surface area contributed by atoms with Crippen LogP contribution in [0.1, 0.15) is 30.5 Å². The molecule has 2 rings (SSSR count). The monoisotopic (exact) mass is 326 g/mol. The second-order valence-corrected chi connectivity index (χ2v) is 6.39. The lowest BCUT2D eigenvalue weighted by atomic mass is 9.88. The number of methoxy groups -OCH3 is 2. The molecule has 0 radical (unpaired) electrons. The van der Waals surface area contributed by atoms with E-state index in [1.807, 2.05) is 30.3 Å². The molecule has 0 bridgehead atoms. The number of carbonyl (C=O) groups is 1. The van der Waals surface area contributed by atoms with Crippen LogP contribution in [0.15, 0.2) is 48.5 Å². The Morgan fingerprint density at radius 1 is 1.00 bits per heavy atom. The van der Waals surface area contributed by atoms with E-state index in [4.69, 9.17) is 9.47 Å². The molecule has 0 spiro atoms. The number of hydrogen-bond donors (Lipinski definition) is 0. The second kappa shape index (κ2) is 8.53. The summed E-state index contributed by atoms with van der Waals surface area (Å²) in [5, 5.41) is 0. The lowest BCUT2D eigenvalue weighted by Gasteiger charge is -2.19. The predicted molar refractivity (Wildman–Crippen MR) is 96.3 cm³/mol. The summed E-state index contributed by atoms with van der Waals surface area (Å²) in [5.74, 6) is 0.831. The molecule has 0 aliphatic heterocycles. The van der Waals surface area contributed by atoms with Crippen molar-refractivity contribution in [1.29, 1.82) is 0 Å². The van der Waals surface area contributed by atoms with Crippen LogP contribution in [0.3, 0.4) is 0 Å². The molecule has 2 aromatic carbocycles. The van der Waals surface area contributed by atoms with Crippen molar-refractivity contribution in [2.24, 2.45) is 11.8 Å². The fourth-order valence-corrected chi connectivity index (χ4v) is 2.91. The predicted octanol–water partition coefficient (Wildman–Crippen LogP) is 4.27. The number of hydrogen-bond acceptors (Lipinski definition) is 3. The largest absolute Gasteiger partial charge is 0.496 e. The molecule has 0 N–H and O–H groups in total. The van der Waals surface area contributed by atoms with Crippen molar-refractivity contribution >= 4 is 5.97 Å². The van der Waals surface area contributed by atoms with Gasteiger partial charge in [-0.2, -0.15) is 0 Å².